The molecule has 0 radical (unpaired) electrons. The van der Waals surface area contributed by atoms with E-state index in [1.54, 1.807) is 25.1 Å². The summed E-state index contributed by atoms with van der Waals surface area (Å²) < 4.78 is 6.83. The highest BCUT2D eigenvalue weighted by Gasteiger charge is 2.07. The average molecular weight is 248 g/mol. The minimum Gasteiger partial charge on any atom is -0.472 e. The van der Waals surface area contributed by atoms with Crippen molar-refractivity contribution in [1.82, 2.24) is 20.2 Å². The third-order valence-electron chi connectivity index (χ3n) is 2.45. The number of aromatic nitrogens is 2. The maximum absolute atomic E-state index is 11.6. The summed E-state index contributed by atoms with van der Waals surface area (Å²) in [5, 5.41) is 5.61. The molecule has 0 saturated heterocycles. The van der Waals surface area contributed by atoms with Crippen LogP contribution >= 0.6 is 0 Å². The second kappa shape index (κ2) is 5.90. The smallest absolute Gasteiger partial charge is 0.315 e. The predicted molar refractivity (Wildman–Crippen MR) is 65.8 cm³/mol. The average Bonchev–Trinajstić information content (AvgIpc) is 2.98. The van der Waals surface area contributed by atoms with Crippen LogP contribution in [0.3, 0.4) is 0 Å². The zero-order chi connectivity index (χ0) is 12.8. The van der Waals surface area contributed by atoms with Gasteiger partial charge in [0.15, 0.2) is 0 Å². The van der Waals surface area contributed by atoms with Crippen LogP contribution < -0.4 is 10.6 Å². The highest BCUT2D eigenvalue weighted by Crippen LogP contribution is 1.98. The number of carbonyl (C=O) groups excluding carboxylic acids is 1. The lowest BCUT2D eigenvalue weighted by Gasteiger charge is -2.14. The third-order valence-corrected chi connectivity index (χ3v) is 2.45. The summed E-state index contributed by atoms with van der Waals surface area (Å²) in [7, 11) is 0. The van der Waals surface area contributed by atoms with Crippen LogP contribution in [0.25, 0.3) is 0 Å². The number of amides is 2. The van der Waals surface area contributed by atoms with Gasteiger partial charge in [0.05, 0.1) is 18.9 Å². The molecule has 2 aromatic heterocycles. The van der Waals surface area contributed by atoms with E-state index >= 15 is 0 Å². The SMILES string of the molecule is CC(Cn1ccnc1)NC(=O)NCc1ccoc1. The fourth-order valence-electron chi connectivity index (χ4n) is 1.61. The van der Waals surface area contributed by atoms with Crippen molar-refractivity contribution in [3.8, 4) is 0 Å². The van der Waals surface area contributed by atoms with E-state index in [1.807, 2.05) is 23.8 Å². The molecule has 2 aromatic rings. The van der Waals surface area contributed by atoms with Crippen LogP contribution in [-0.2, 0) is 13.1 Å². The van der Waals surface area contributed by atoms with Crippen LogP contribution in [0.15, 0.2) is 41.7 Å². The Morgan fingerprint density at radius 3 is 3.17 bits per heavy atom. The summed E-state index contributed by atoms with van der Waals surface area (Å²) in [6, 6.07) is 1.65. The molecular formula is C12H16N4O2. The molecule has 2 heterocycles. The van der Waals surface area contributed by atoms with Crippen molar-refractivity contribution < 1.29 is 9.21 Å². The molecule has 2 N–H and O–H groups in total. The van der Waals surface area contributed by atoms with Crippen LogP contribution in [0, 0.1) is 0 Å². The van der Waals surface area contributed by atoms with Gasteiger partial charge in [-0.25, -0.2) is 9.78 Å². The first kappa shape index (κ1) is 12.2. The van der Waals surface area contributed by atoms with Crippen molar-refractivity contribution in [1.29, 1.82) is 0 Å². The Kier molecular flexibility index (Phi) is 4.01. The van der Waals surface area contributed by atoms with Crippen LogP contribution in [0.5, 0.6) is 0 Å². The zero-order valence-corrected chi connectivity index (χ0v) is 10.2. The molecule has 6 nitrogen and oxygen atoms in total. The fraction of sp³-hybridized carbons (Fsp3) is 0.333. The lowest BCUT2D eigenvalue weighted by atomic mass is 10.3. The normalized spacial score (nSPS) is 12.1. The Morgan fingerprint density at radius 2 is 2.50 bits per heavy atom. The van der Waals surface area contributed by atoms with Gasteiger partial charge in [-0.3, -0.25) is 0 Å². The molecule has 0 saturated carbocycles. The number of hydrogen-bond acceptors (Lipinski definition) is 3. The first-order valence-corrected chi connectivity index (χ1v) is 5.75. The molecule has 0 aliphatic rings. The molecular weight excluding hydrogens is 232 g/mol. The van der Waals surface area contributed by atoms with Gasteiger partial charge in [-0.1, -0.05) is 0 Å². The van der Waals surface area contributed by atoms with Crippen molar-refractivity contribution in [3.05, 3.63) is 42.9 Å². The van der Waals surface area contributed by atoms with Gasteiger partial charge >= 0.3 is 6.03 Å². The first-order chi connectivity index (χ1) is 8.74. The Morgan fingerprint density at radius 1 is 1.61 bits per heavy atom. The molecule has 2 amide bonds. The van der Waals surface area contributed by atoms with Crippen molar-refractivity contribution in [2.45, 2.75) is 26.1 Å². The van der Waals surface area contributed by atoms with E-state index in [0.29, 0.717) is 13.1 Å². The largest absolute Gasteiger partial charge is 0.472 e. The molecule has 0 bridgehead atoms. The first-order valence-electron chi connectivity index (χ1n) is 5.75. The van der Waals surface area contributed by atoms with Crippen molar-refractivity contribution in [2.24, 2.45) is 0 Å². The Bertz CT molecular complexity index is 464. The fourth-order valence-corrected chi connectivity index (χ4v) is 1.61. The summed E-state index contributed by atoms with van der Waals surface area (Å²) >= 11 is 0. The number of nitrogens with zero attached hydrogens (tertiary/aromatic N) is 2. The molecule has 0 aliphatic heterocycles. The summed E-state index contributed by atoms with van der Waals surface area (Å²) in [6.07, 6.45) is 8.49. The highest BCUT2D eigenvalue weighted by atomic mass is 16.3. The molecule has 0 spiro atoms. The number of nitrogens with one attached hydrogen (secondary N) is 2. The van der Waals surface area contributed by atoms with Gasteiger partial charge in [0.1, 0.15) is 0 Å². The summed E-state index contributed by atoms with van der Waals surface area (Å²) in [6.45, 7) is 3.09. The van der Waals surface area contributed by atoms with Crippen LogP contribution in [0.1, 0.15) is 12.5 Å². The summed E-state index contributed by atoms with van der Waals surface area (Å²) in [4.78, 5) is 15.5. The topological polar surface area (TPSA) is 72.1 Å². The number of rotatable bonds is 5. The second-order valence-electron chi connectivity index (χ2n) is 4.12. The monoisotopic (exact) mass is 248 g/mol. The van der Waals surface area contributed by atoms with E-state index in [9.17, 15) is 4.79 Å². The standard InChI is InChI=1S/C12H16N4O2/c1-10(7-16-4-3-13-9-16)15-12(17)14-6-11-2-5-18-8-11/h2-5,8-10H,6-7H2,1H3,(H2,14,15,17). The third kappa shape index (κ3) is 3.65. The van der Waals surface area contributed by atoms with Gasteiger partial charge < -0.3 is 19.6 Å². The lowest BCUT2D eigenvalue weighted by molar-refractivity contribution is 0.236. The van der Waals surface area contributed by atoms with Crippen molar-refractivity contribution in [3.63, 3.8) is 0 Å². The van der Waals surface area contributed by atoms with E-state index in [0.717, 1.165) is 5.56 Å². The van der Waals surface area contributed by atoms with Crippen LogP contribution in [-0.4, -0.2) is 21.6 Å². The van der Waals surface area contributed by atoms with Gasteiger partial charge in [0.2, 0.25) is 0 Å². The van der Waals surface area contributed by atoms with E-state index in [2.05, 4.69) is 15.6 Å². The van der Waals surface area contributed by atoms with Crippen LogP contribution in [0.4, 0.5) is 4.79 Å². The molecule has 1 unspecified atom stereocenters. The van der Waals surface area contributed by atoms with Gasteiger partial charge in [-0.05, 0) is 13.0 Å². The van der Waals surface area contributed by atoms with E-state index in [-0.39, 0.29) is 12.1 Å². The maximum Gasteiger partial charge on any atom is 0.315 e. The van der Waals surface area contributed by atoms with E-state index in [4.69, 9.17) is 4.42 Å². The molecule has 0 fully saturated rings. The number of imidazole rings is 1. The zero-order valence-electron chi connectivity index (χ0n) is 10.2. The van der Waals surface area contributed by atoms with Crippen molar-refractivity contribution >= 4 is 6.03 Å². The minimum absolute atomic E-state index is 0.0311. The number of carbonyl (C=O) groups is 1. The van der Waals surface area contributed by atoms with E-state index < -0.39 is 0 Å². The van der Waals surface area contributed by atoms with Gasteiger partial charge in [-0.15, -0.1) is 0 Å². The van der Waals surface area contributed by atoms with Gasteiger partial charge in [0, 0.05) is 37.1 Å². The lowest BCUT2D eigenvalue weighted by Crippen LogP contribution is -2.42. The number of urea groups is 1. The highest BCUT2D eigenvalue weighted by molar-refractivity contribution is 5.74. The predicted octanol–water partition coefficient (Wildman–Crippen LogP) is 1.36. The number of furan rings is 1. The minimum atomic E-state index is -0.191. The molecule has 0 aromatic carbocycles. The quantitative estimate of drug-likeness (QED) is 0.839. The molecule has 0 aliphatic carbocycles. The molecule has 96 valence electrons. The summed E-state index contributed by atoms with van der Waals surface area (Å²) in [5.41, 5.74) is 0.937. The van der Waals surface area contributed by atoms with E-state index in [1.165, 1.54) is 0 Å². The van der Waals surface area contributed by atoms with Crippen LogP contribution in [0.2, 0.25) is 0 Å². The molecule has 18 heavy (non-hydrogen) atoms. The van der Waals surface area contributed by atoms with Gasteiger partial charge in [-0.2, -0.15) is 0 Å². The maximum atomic E-state index is 11.6. The number of hydrogen-bond donors (Lipinski definition) is 2. The molecule has 1 atom stereocenters. The Balaban J connectivity index is 1.70. The van der Waals surface area contributed by atoms with Gasteiger partial charge in [0.25, 0.3) is 0 Å². The Labute approximate surface area is 105 Å². The molecule has 2 rings (SSSR count). The second-order valence-corrected chi connectivity index (χ2v) is 4.12. The Hall–Kier alpha value is -2.24. The summed E-state index contributed by atoms with van der Waals surface area (Å²) in [5.74, 6) is 0. The van der Waals surface area contributed by atoms with Crippen molar-refractivity contribution in [2.75, 3.05) is 0 Å². The molecule has 6 heteroatoms.